The van der Waals surface area contributed by atoms with Gasteiger partial charge in [-0.3, -0.25) is 4.79 Å². The zero-order chi connectivity index (χ0) is 13.3. The van der Waals surface area contributed by atoms with Gasteiger partial charge in [-0.2, -0.15) is 0 Å². The van der Waals surface area contributed by atoms with Gasteiger partial charge in [0.1, 0.15) is 0 Å². The van der Waals surface area contributed by atoms with Crippen molar-refractivity contribution in [3.8, 4) is 0 Å². The third kappa shape index (κ3) is 8.91. The van der Waals surface area contributed by atoms with E-state index in [2.05, 4.69) is 27.4 Å². The summed E-state index contributed by atoms with van der Waals surface area (Å²) in [6.07, 6.45) is 7.85. The molecule has 0 aromatic heterocycles. The maximum absolute atomic E-state index is 11.6. The van der Waals surface area contributed by atoms with Crippen LogP contribution in [-0.4, -0.2) is 5.78 Å². The van der Waals surface area contributed by atoms with Crippen LogP contribution in [0.2, 0.25) is 0 Å². The van der Waals surface area contributed by atoms with Crippen molar-refractivity contribution in [3.63, 3.8) is 0 Å². The molecule has 0 unspecified atom stereocenters. The minimum absolute atomic E-state index is 0.283. The zero-order valence-corrected chi connectivity index (χ0v) is 12.0. The molecule has 0 rings (SSSR count). The van der Waals surface area contributed by atoms with Crippen molar-refractivity contribution in [3.05, 3.63) is 23.8 Å². The van der Waals surface area contributed by atoms with E-state index in [1.807, 2.05) is 13.0 Å². The van der Waals surface area contributed by atoms with Gasteiger partial charge in [0.05, 0.1) is 0 Å². The Morgan fingerprint density at radius 1 is 1.18 bits per heavy atom. The molecule has 0 bridgehead atoms. The first kappa shape index (κ1) is 16.1. The van der Waals surface area contributed by atoms with Crippen LogP contribution in [-0.2, 0) is 4.79 Å². The number of hydrogen-bond donors (Lipinski definition) is 0. The van der Waals surface area contributed by atoms with Gasteiger partial charge in [0.2, 0.25) is 0 Å². The lowest BCUT2D eigenvalue weighted by molar-refractivity contribution is -0.114. The van der Waals surface area contributed by atoms with Crippen molar-refractivity contribution >= 4 is 5.78 Å². The molecule has 0 radical (unpaired) electrons. The third-order valence-electron chi connectivity index (χ3n) is 3.09. The summed E-state index contributed by atoms with van der Waals surface area (Å²) in [7, 11) is 0. The molecule has 1 nitrogen and oxygen atoms in total. The number of carbonyl (C=O) groups is 1. The minimum Gasteiger partial charge on any atom is -0.295 e. The summed E-state index contributed by atoms with van der Waals surface area (Å²) in [5, 5.41) is 0. The van der Waals surface area contributed by atoms with Crippen LogP contribution in [0.3, 0.4) is 0 Å². The van der Waals surface area contributed by atoms with E-state index in [9.17, 15) is 4.79 Å². The van der Waals surface area contributed by atoms with E-state index in [0.29, 0.717) is 12.3 Å². The molecule has 0 fully saturated rings. The van der Waals surface area contributed by atoms with Crippen LogP contribution < -0.4 is 0 Å². The topological polar surface area (TPSA) is 17.1 Å². The second kappa shape index (κ2) is 9.21. The first-order chi connectivity index (χ1) is 7.97. The first-order valence-electron chi connectivity index (χ1n) is 6.85. The van der Waals surface area contributed by atoms with Crippen molar-refractivity contribution in [2.24, 2.45) is 5.92 Å². The van der Waals surface area contributed by atoms with Crippen molar-refractivity contribution in [1.29, 1.82) is 0 Å². The number of ketones is 1. The molecule has 0 aliphatic rings. The van der Waals surface area contributed by atoms with Crippen LogP contribution in [0, 0.1) is 5.92 Å². The molecule has 98 valence electrons. The molecule has 0 aliphatic heterocycles. The highest BCUT2D eigenvalue weighted by Gasteiger charge is 2.02. The molecule has 0 saturated carbocycles. The highest BCUT2D eigenvalue weighted by Crippen LogP contribution is 2.17. The SMILES string of the molecule is C=C(CC/C(C)=C/C(=O)CCCCC)C(C)C. The molecule has 0 heterocycles. The highest BCUT2D eigenvalue weighted by molar-refractivity contribution is 5.90. The van der Waals surface area contributed by atoms with Crippen LogP contribution in [0.4, 0.5) is 0 Å². The molecule has 0 saturated heterocycles. The smallest absolute Gasteiger partial charge is 0.155 e. The van der Waals surface area contributed by atoms with Crippen LogP contribution >= 0.6 is 0 Å². The first-order valence-corrected chi connectivity index (χ1v) is 6.85. The lowest BCUT2D eigenvalue weighted by atomic mass is 9.97. The Bertz CT molecular complexity index is 271. The Balaban J connectivity index is 3.91. The molecule has 0 amide bonds. The molecule has 0 spiro atoms. The van der Waals surface area contributed by atoms with E-state index in [4.69, 9.17) is 0 Å². The van der Waals surface area contributed by atoms with Crippen molar-refractivity contribution in [1.82, 2.24) is 0 Å². The summed E-state index contributed by atoms with van der Waals surface area (Å²) < 4.78 is 0. The third-order valence-corrected chi connectivity index (χ3v) is 3.09. The van der Waals surface area contributed by atoms with Gasteiger partial charge in [-0.05, 0) is 38.2 Å². The number of carbonyl (C=O) groups excluding carboxylic acids is 1. The number of unbranched alkanes of at least 4 members (excludes halogenated alkanes) is 2. The standard InChI is InChI=1S/C16H28O/c1-6-7-8-9-16(17)12-14(4)10-11-15(5)13(2)3/h12-13H,5-11H2,1-4H3/b14-12+. The van der Waals surface area contributed by atoms with Gasteiger partial charge in [0, 0.05) is 6.42 Å². The summed E-state index contributed by atoms with van der Waals surface area (Å²) in [6.45, 7) is 12.6. The molecular weight excluding hydrogens is 208 g/mol. The van der Waals surface area contributed by atoms with Gasteiger partial charge in [-0.25, -0.2) is 0 Å². The van der Waals surface area contributed by atoms with Crippen molar-refractivity contribution in [2.75, 3.05) is 0 Å². The fourth-order valence-electron chi connectivity index (χ4n) is 1.61. The Labute approximate surface area is 107 Å². The summed E-state index contributed by atoms with van der Waals surface area (Å²) in [5.41, 5.74) is 2.46. The fourth-order valence-corrected chi connectivity index (χ4v) is 1.61. The summed E-state index contributed by atoms with van der Waals surface area (Å²) in [6, 6.07) is 0. The second-order valence-corrected chi connectivity index (χ2v) is 5.23. The van der Waals surface area contributed by atoms with E-state index in [1.54, 1.807) is 0 Å². The van der Waals surface area contributed by atoms with Gasteiger partial charge in [-0.1, -0.05) is 51.3 Å². The van der Waals surface area contributed by atoms with Gasteiger partial charge in [-0.15, -0.1) is 0 Å². The summed E-state index contributed by atoms with van der Waals surface area (Å²) >= 11 is 0. The summed E-state index contributed by atoms with van der Waals surface area (Å²) in [4.78, 5) is 11.6. The lowest BCUT2D eigenvalue weighted by Gasteiger charge is -2.09. The van der Waals surface area contributed by atoms with Crippen LogP contribution in [0.25, 0.3) is 0 Å². The maximum Gasteiger partial charge on any atom is 0.155 e. The van der Waals surface area contributed by atoms with Crippen LogP contribution in [0.1, 0.15) is 66.2 Å². The number of hydrogen-bond acceptors (Lipinski definition) is 1. The second-order valence-electron chi connectivity index (χ2n) is 5.23. The predicted molar refractivity (Wildman–Crippen MR) is 76.1 cm³/mol. The fraction of sp³-hybridized carbons (Fsp3) is 0.688. The molecule has 0 aromatic carbocycles. The van der Waals surface area contributed by atoms with Crippen molar-refractivity contribution < 1.29 is 4.79 Å². The average Bonchev–Trinajstić information content (AvgIpc) is 2.26. The average molecular weight is 236 g/mol. The Kier molecular flexibility index (Phi) is 8.75. The maximum atomic E-state index is 11.6. The van der Waals surface area contributed by atoms with E-state index in [1.165, 1.54) is 17.6 Å². The van der Waals surface area contributed by atoms with E-state index in [-0.39, 0.29) is 5.78 Å². The van der Waals surface area contributed by atoms with E-state index >= 15 is 0 Å². The normalized spacial score (nSPS) is 11.9. The lowest BCUT2D eigenvalue weighted by Crippen LogP contribution is -1.96. The van der Waals surface area contributed by atoms with E-state index < -0.39 is 0 Å². The molecule has 1 heteroatoms. The largest absolute Gasteiger partial charge is 0.295 e. The van der Waals surface area contributed by atoms with Crippen molar-refractivity contribution in [2.45, 2.75) is 66.2 Å². The van der Waals surface area contributed by atoms with Gasteiger partial charge < -0.3 is 0 Å². The Hall–Kier alpha value is -0.850. The van der Waals surface area contributed by atoms with E-state index in [0.717, 1.165) is 25.7 Å². The van der Waals surface area contributed by atoms with Gasteiger partial charge >= 0.3 is 0 Å². The molecule has 17 heavy (non-hydrogen) atoms. The molecule has 0 N–H and O–H groups in total. The molecule has 0 atom stereocenters. The van der Waals surface area contributed by atoms with Crippen LogP contribution in [0.15, 0.2) is 23.8 Å². The highest BCUT2D eigenvalue weighted by atomic mass is 16.1. The quantitative estimate of drug-likeness (QED) is 0.310. The Morgan fingerprint density at radius 2 is 1.82 bits per heavy atom. The monoisotopic (exact) mass is 236 g/mol. The molecule has 0 aromatic rings. The number of allylic oxidation sites excluding steroid dienone is 3. The van der Waals surface area contributed by atoms with Gasteiger partial charge in [0.25, 0.3) is 0 Å². The summed E-state index contributed by atoms with van der Waals surface area (Å²) in [5.74, 6) is 0.828. The zero-order valence-electron chi connectivity index (χ0n) is 12.0. The minimum atomic E-state index is 0.283. The van der Waals surface area contributed by atoms with Gasteiger partial charge in [0.15, 0.2) is 5.78 Å². The number of rotatable bonds is 9. The Morgan fingerprint density at radius 3 is 2.35 bits per heavy atom. The van der Waals surface area contributed by atoms with Crippen LogP contribution in [0.5, 0.6) is 0 Å². The molecule has 0 aliphatic carbocycles. The molecular formula is C16H28O. The predicted octanol–water partition coefficient (Wildman–Crippen LogP) is 5.07.